The van der Waals surface area contributed by atoms with Crippen molar-refractivity contribution in [1.29, 1.82) is 0 Å². The van der Waals surface area contributed by atoms with E-state index in [1.54, 1.807) is 56.5 Å². The second-order valence-corrected chi connectivity index (χ2v) is 5.69. The quantitative estimate of drug-likeness (QED) is 0.670. The number of carbonyl (C=O) groups is 3. The summed E-state index contributed by atoms with van der Waals surface area (Å²) in [5.74, 6) is -1.02. The third-order valence-electron chi connectivity index (χ3n) is 4.18. The summed E-state index contributed by atoms with van der Waals surface area (Å²) in [6.07, 6.45) is 0. The van der Waals surface area contributed by atoms with Crippen LogP contribution in [0.2, 0.25) is 0 Å². The molecule has 2 aromatic carbocycles. The molecule has 0 unspecified atom stereocenters. The van der Waals surface area contributed by atoms with Crippen molar-refractivity contribution in [2.75, 3.05) is 25.2 Å². The molecule has 6 heteroatoms. The van der Waals surface area contributed by atoms with Crippen LogP contribution in [0.4, 0.5) is 5.69 Å². The van der Waals surface area contributed by atoms with Crippen molar-refractivity contribution in [1.82, 2.24) is 5.32 Å². The highest BCUT2D eigenvalue weighted by molar-refractivity contribution is 6.34. The molecule has 1 N–H and O–H groups in total. The minimum absolute atomic E-state index is 0.270. The Morgan fingerprint density at radius 1 is 1.04 bits per heavy atom. The van der Waals surface area contributed by atoms with Gasteiger partial charge < -0.3 is 10.1 Å². The maximum absolute atomic E-state index is 12.6. The topological polar surface area (TPSA) is 75.7 Å². The minimum atomic E-state index is -0.374. The number of imide groups is 1. The molecule has 0 aromatic heterocycles. The van der Waals surface area contributed by atoms with E-state index < -0.39 is 0 Å². The summed E-state index contributed by atoms with van der Waals surface area (Å²) >= 11 is 0. The lowest BCUT2D eigenvalue weighted by atomic mass is 10.0. The smallest absolute Gasteiger partial charge is 0.266 e. The molecule has 0 aliphatic carbocycles. The molecule has 1 heterocycles. The number of methoxy groups -OCH3 is 1. The molecule has 1 aliphatic heterocycles. The van der Waals surface area contributed by atoms with Gasteiger partial charge in [-0.1, -0.05) is 18.2 Å². The SMILES string of the molecule is COCCNC(=O)c1cccc(N2C(=O)c3ccccc3C2=O)c1C. The Kier molecular flexibility index (Phi) is 4.63. The lowest BCUT2D eigenvalue weighted by molar-refractivity contribution is 0.0915. The van der Waals surface area contributed by atoms with E-state index in [-0.39, 0.29) is 17.7 Å². The number of amides is 3. The number of benzene rings is 2. The van der Waals surface area contributed by atoms with Crippen LogP contribution in [0, 0.1) is 6.92 Å². The number of ether oxygens (including phenoxy) is 1. The molecule has 2 aromatic rings. The van der Waals surface area contributed by atoms with Crippen molar-refractivity contribution in [3.05, 3.63) is 64.7 Å². The van der Waals surface area contributed by atoms with Gasteiger partial charge in [-0.15, -0.1) is 0 Å². The Labute approximate surface area is 145 Å². The molecule has 1 aliphatic rings. The van der Waals surface area contributed by atoms with E-state index in [0.29, 0.717) is 41.1 Å². The zero-order valence-electron chi connectivity index (χ0n) is 14.0. The lowest BCUT2D eigenvalue weighted by Crippen LogP contribution is -2.32. The van der Waals surface area contributed by atoms with Gasteiger partial charge in [0.05, 0.1) is 23.4 Å². The van der Waals surface area contributed by atoms with E-state index in [2.05, 4.69) is 5.32 Å². The number of fused-ring (bicyclic) bond motifs is 1. The Morgan fingerprint density at radius 2 is 1.68 bits per heavy atom. The number of rotatable bonds is 5. The molecule has 0 atom stereocenters. The highest BCUT2D eigenvalue weighted by atomic mass is 16.5. The number of nitrogens with one attached hydrogen (secondary N) is 1. The summed E-state index contributed by atoms with van der Waals surface area (Å²) in [6, 6.07) is 11.7. The van der Waals surface area contributed by atoms with Crippen LogP contribution in [-0.4, -0.2) is 38.0 Å². The van der Waals surface area contributed by atoms with Crippen molar-refractivity contribution in [2.24, 2.45) is 0 Å². The van der Waals surface area contributed by atoms with Crippen LogP contribution in [0.25, 0.3) is 0 Å². The molecule has 0 radical (unpaired) electrons. The van der Waals surface area contributed by atoms with Gasteiger partial charge in [-0.25, -0.2) is 4.90 Å². The van der Waals surface area contributed by atoms with Crippen LogP contribution < -0.4 is 10.2 Å². The molecule has 0 fully saturated rings. The predicted molar refractivity (Wildman–Crippen MR) is 93.0 cm³/mol. The monoisotopic (exact) mass is 338 g/mol. The fourth-order valence-corrected chi connectivity index (χ4v) is 2.88. The maximum Gasteiger partial charge on any atom is 0.266 e. The average Bonchev–Trinajstić information content (AvgIpc) is 2.87. The van der Waals surface area contributed by atoms with Crippen molar-refractivity contribution in [2.45, 2.75) is 6.92 Å². The molecule has 6 nitrogen and oxygen atoms in total. The third-order valence-corrected chi connectivity index (χ3v) is 4.18. The summed E-state index contributed by atoms with van der Waals surface area (Å²) in [7, 11) is 1.56. The van der Waals surface area contributed by atoms with Gasteiger partial charge in [0.15, 0.2) is 0 Å². The highest BCUT2D eigenvalue weighted by Crippen LogP contribution is 2.31. The normalized spacial score (nSPS) is 13.1. The predicted octanol–water partition coefficient (Wildman–Crippen LogP) is 2.17. The van der Waals surface area contributed by atoms with Crippen molar-refractivity contribution in [3.63, 3.8) is 0 Å². The number of carbonyl (C=O) groups excluding carboxylic acids is 3. The summed E-state index contributed by atoms with van der Waals surface area (Å²) in [5, 5.41) is 2.75. The van der Waals surface area contributed by atoms with Gasteiger partial charge in [0, 0.05) is 19.2 Å². The molecule has 3 amide bonds. The second kappa shape index (κ2) is 6.86. The lowest BCUT2D eigenvalue weighted by Gasteiger charge is -2.18. The van der Waals surface area contributed by atoms with Crippen LogP contribution in [0.15, 0.2) is 42.5 Å². The molecular formula is C19H18N2O4. The molecule has 0 saturated heterocycles. The largest absolute Gasteiger partial charge is 0.383 e. The van der Waals surface area contributed by atoms with E-state index in [4.69, 9.17) is 4.74 Å². The van der Waals surface area contributed by atoms with E-state index in [0.717, 1.165) is 4.90 Å². The van der Waals surface area contributed by atoms with Gasteiger partial charge >= 0.3 is 0 Å². The molecular weight excluding hydrogens is 320 g/mol. The van der Waals surface area contributed by atoms with E-state index in [1.165, 1.54) is 0 Å². The van der Waals surface area contributed by atoms with Crippen LogP contribution in [0.5, 0.6) is 0 Å². The van der Waals surface area contributed by atoms with Crippen LogP contribution in [0.1, 0.15) is 36.6 Å². The zero-order chi connectivity index (χ0) is 18.0. The summed E-state index contributed by atoms with van der Waals surface area (Å²) < 4.78 is 4.92. The maximum atomic E-state index is 12.6. The first kappa shape index (κ1) is 16.9. The molecule has 3 rings (SSSR count). The standard InChI is InChI=1S/C19H18N2O4/c1-12-13(17(22)20-10-11-25-2)8-5-9-16(12)21-18(23)14-6-3-4-7-15(14)19(21)24/h3-9H,10-11H2,1-2H3,(H,20,22). The molecule has 0 saturated carbocycles. The number of hydrogen-bond acceptors (Lipinski definition) is 4. The van der Waals surface area contributed by atoms with Crippen LogP contribution >= 0.6 is 0 Å². The summed E-state index contributed by atoms with van der Waals surface area (Å²) in [5.41, 5.74) is 2.17. The van der Waals surface area contributed by atoms with Crippen LogP contribution in [-0.2, 0) is 4.74 Å². The fraction of sp³-hybridized carbons (Fsp3) is 0.211. The molecule has 0 spiro atoms. The number of hydrogen-bond donors (Lipinski definition) is 1. The van der Waals surface area contributed by atoms with Gasteiger partial charge in [0.1, 0.15) is 0 Å². The van der Waals surface area contributed by atoms with Gasteiger partial charge in [-0.05, 0) is 36.8 Å². The van der Waals surface area contributed by atoms with E-state index >= 15 is 0 Å². The molecule has 25 heavy (non-hydrogen) atoms. The van der Waals surface area contributed by atoms with Gasteiger partial charge in [-0.3, -0.25) is 14.4 Å². The Bertz CT molecular complexity index is 825. The fourth-order valence-electron chi connectivity index (χ4n) is 2.88. The van der Waals surface area contributed by atoms with E-state index in [1.807, 2.05) is 0 Å². The number of anilines is 1. The van der Waals surface area contributed by atoms with Crippen molar-refractivity contribution in [3.8, 4) is 0 Å². The van der Waals surface area contributed by atoms with Crippen molar-refractivity contribution >= 4 is 23.4 Å². The first-order chi connectivity index (χ1) is 12.1. The Balaban J connectivity index is 1.95. The zero-order valence-corrected chi connectivity index (χ0v) is 14.0. The van der Waals surface area contributed by atoms with Gasteiger partial charge in [0.2, 0.25) is 0 Å². The first-order valence-corrected chi connectivity index (χ1v) is 7.91. The highest BCUT2D eigenvalue weighted by Gasteiger charge is 2.37. The van der Waals surface area contributed by atoms with Gasteiger partial charge in [0.25, 0.3) is 17.7 Å². The Morgan fingerprint density at radius 3 is 2.28 bits per heavy atom. The first-order valence-electron chi connectivity index (χ1n) is 7.91. The molecule has 0 bridgehead atoms. The Hall–Kier alpha value is -2.99. The third kappa shape index (κ3) is 2.92. The average molecular weight is 338 g/mol. The summed E-state index contributed by atoms with van der Waals surface area (Å²) in [4.78, 5) is 38.7. The van der Waals surface area contributed by atoms with Crippen LogP contribution in [0.3, 0.4) is 0 Å². The van der Waals surface area contributed by atoms with Gasteiger partial charge in [-0.2, -0.15) is 0 Å². The number of nitrogens with zero attached hydrogens (tertiary/aromatic N) is 1. The summed E-state index contributed by atoms with van der Waals surface area (Å²) in [6.45, 7) is 2.51. The second-order valence-electron chi connectivity index (χ2n) is 5.69. The minimum Gasteiger partial charge on any atom is -0.383 e. The molecule has 128 valence electrons. The van der Waals surface area contributed by atoms with Crippen molar-refractivity contribution < 1.29 is 19.1 Å². The van der Waals surface area contributed by atoms with E-state index in [9.17, 15) is 14.4 Å².